The minimum atomic E-state index is 0.271. The smallest absolute Gasteiger partial charge is 0.236 e. The molecular formula is C15H31N3O. The lowest BCUT2D eigenvalue weighted by Gasteiger charge is -2.33. The van der Waals surface area contributed by atoms with E-state index in [-0.39, 0.29) is 5.91 Å². The molecule has 0 aromatic heterocycles. The number of carbonyl (C=O) groups is 1. The van der Waals surface area contributed by atoms with Crippen molar-refractivity contribution in [3.05, 3.63) is 0 Å². The fourth-order valence-electron chi connectivity index (χ4n) is 2.70. The summed E-state index contributed by atoms with van der Waals surface area (Å²) in [5, 5.41) is 3.40. The zero-order valence-electron chi connectivity index (χ0n) is 13.1. The number of likely N-dealkylation sites (N-methyl/N-ethyl adjacent to an activating group) is 1. The average Bonchev–Trinajstić information content (AvgIpc) is 2.40. The van der Waals surface area contributed by atoms with E-state index in [0.717, 1.165) is 38.6 Å². The summed E-state index contributed by atoms with van der Waals surface area (Å²) in [7, 11) is 0. The van der Waals surface area contributed by atoms with E-state index in [4.69, 9.17) is 0 Å². The number of hydrogen-bond donors (Lipinski definition) is 1. The molecule has 1 saturated heterocycles. The highest BCUT2D eigenvalue weighted by atomic mass is 16.2. The maximum Gasteiger partial charge on any atom is 0.236 e. The second-order valence-corrected chi connectivity index (χ2v) is 5.78. The Morgan fingerprint density at radius 1 is 1.21 bits per heavy atom. The van der Waals surface area contributed by atoms with E-state index in [1.54, 1.807) is 0 Å². The van der Waals surface area contributed by atoms with Crippen LogP contribution >= 0.6 is 0 Å². The van der Waals surface area contributed by atoms with Crippen LogP contribution in [0, 0.1) is 5.92 Å². The molecular weight excluding hydrogens is 238 g/mol. The van der Waals surface area contributed by atoms with Crippen LogP contribution in [-0.4, -0.2) is 61.0 Å². The van der Waals surface area contributed by atoms with Crippen LogP contribution in [-0.2, 0) is 4.79 Å². The summed E-state index contributed by atoms with van der Waals surface area (Å²) in [4.78, 5) is 16.5. The Kier molecular flexibility index (Phi) is 7.39. The predicted molar refractivity (Wildman–Crippen MR) is 80.2 cm³/mol. The highest BCUT2D eigenvalue weighted by Crippen LogP contribution is 2.15. The van der Waals surface area contributed by atoms with Crippen molar-refractivity contribution >= 4 is 5.91 Å². The molecule has 1 fully saturated rings. The summed E-state index contributed by atoms with van der Waals surface area (Å²) < 4.78 is 0. The van der Waals surface area contributed by atoms with E-state index >= 15 is 0 Å². The molecule has 0 unspecified atom stereocenters. The van der Waals surface area contributed by atoms with Crippen LogP contribution < -0.4 is 5.32 Å². The Hall–Kier alpha value is -0.610. The fraction of sp³-hybridized carbons (Fsp3) is 0.933. The molecule has 19 heavy (non-hydrogen) atoms. The highest BCUT2D eigenvalue weighted by molar-refractivity contribution is 5.78. The molecule has 112 valence electrons. The third-order valence-electron chi connectivity index (χ3n) is 4.14. The van der Waals surface area contributed by atoms with Crippen LogP contribution in [0.4, 0.5) is 0 Å². The number of nitrogens with one attached hydrogen (secondary N) is 1. The van der Waals surface area contributed by atoms with Crippen molar-refractivity contribution in [2.45, 2.75) is 46.6 Å². The predicted octanol–water partition coefficient (Wildman–Crippen LogP) is 1.56. The first-order valence-electron chi connectivity index (χ1n) is 7.81. The van der Waals surface area contributed by atoms with Crippen LogP contribution in [0.1, 0.15) is 40.5 Å². The van der Waals surface area contributed by atoms with Gasteiger partial charge in [0, 0.05) is 25.7 Å². The normalized spacial score (nSPS) is 17.2. The lowest BCUT2D eigenvalue weighted by atomic mass is 9.97. The van der Waals surface area contributed by atoms with Crippen LogP contribution in [0.2, 0.25) is 0 Å². The van der Waals surface area contributed by atoms with Crippen molar-refractivity contribution < 1.29 is 4.79 Å². The van der Waals surface area contributed by atoms with E-state index in [9.17, 15) is 4.79 Å². The topological polar surface area (TPSA) is 35.6 Å². The Morgan fingerprint density at radius 2 is 1.79 bits per heavy atom. The summed E-state index contributed by atoms with van der Waals surface area (Å²) in [5.41, 5.74) is 0. The van der Waals surface area contributed by atoms with Gasteiger partial charge in [-0.15, -0.1) is 0 Å². The largest absolute Gasteiger partial charge is 0.342 e. The first-order valence-corrected chi connectivity index (χ1v) is 7.81. The first kappa shape index (κ1) is 16.4. The first-order chi connectivity index (χ1) is 9.08. The number of rotatable bonds is 7. The molecule has 4 nitrogen and oxygen atoms in total. The molecule has 1 aliphatic rings. The average molecular weight is 269 g/mol. The van der Waals surface area contributed by atoms with Crippen LogP contribution in [0.25, 0.3) is 0 Å². The second-order valence-electron chi connectivity index (χ2n) is 5.78. The van der Waals surface area contributed by atoms with Gasteiger partial charge in [-0.1, -0.05) is 0 Å². The molecule has 0 spiro atoms. The van der Waals surface area contributed by atoms with Gasteiger partial charge in [0.25, 0.3) is 0 Å². The van der Waals surface area contributed by atoms with Crippen molar-refractivity contribution in [1.82, 2.24) is 15.1 Å². The summed E-state index contributed by atoms with van der Waals surface area (Å²) in [5.74, 6) is 1.01. The van der Waals surface area contributed by atoms with Crippen LogP contribution in [0.3, 0.4) is 0 Å². The molecule has 0 aromatic carbocycles. The standard InChI is InChI=1S/C15H31N3O/c1-5-17(6-2)15(19)12-18(13(3)4)11-14-7-9-16-10-8-14/h13-14,16H,5-12H2,1-4H3. The van der Waals surface area contributed by atoms with Gasteiger partial charge in [-0.25, -0.2) is 0 Å². The summed E-state index contributed by atoms with van der Waals surface area (Å²) >= 11 is 0. The van der Waals surface area contributed by atoms with Gasteiger partial charge in [-0.3, -0.25) is 9.69 Å². The third kappa shape index (κ3) is 5.49. The van der Waals surface area contributed by atoms with Crippen molar-refractivity contribution in [3.8, 4) is 0 Å². The van der Waals surface area contributed by atoms with Gasteiger partial charge in [-0.05, 0) is 59.5 Å². The Morgan fingerprint density at radius 3 is 2.26 bits per heavy atom. The van der Waals surface area contributed by atoms with Gasteiger partial charge in [0.2, 0.25) is 5.91 Å². The molecule has 0 atom stereocenters. The molecule has 1 N–H and O–H groups in total. The monoisotopic (exact) mass is 269 g/mol. The van der Waals surface area contributed by atoms with Gasteiger partial charge >= 0.3 is 0 Å². The zero-order valence-corrected chi connectivity index (χ0v) is 13.1. The molecule has 0 aliphatic carbocycles. The van der Waals surface area contributed by atoms with Crippen molar-refractivity contribution in [3.63, 3.8) is 0 Å². The SMILES string of the molecule is CCN(CC)C(=O)CN(CC1CCNCC1)C(C)C. The van der Waals surface area contributed by atoms with E-state index in [1.165, 1.54) is 12.8 Å². The number of nitrogens with zero attached hydrogens (tertiary/aromatic N) is 2. The highest BCUT2D eigenvalue weighted by Gasteiger charge is 2.22. The van der Waals surface area contributed by atoms with Gasteiger partial charge in [0.15, 0.2) is 0 Å². The quantitative estimate of drug-likeness (QED) is 0.762. The second kappa shape index (κ2) is 8.54. The van der Waals surface area contributed by atoms with Crippen LogP contribution in [0.15, 0.2) is 0 Å². The van der Waals surface area contributed by atoms with Crippen molar-refractivity contribution in [1.29, 1.82) is 0 Å². The lowest BCUT2D eigenvalue weighted by molar-refractivity contribution is -0.132. The van der Waals surface area contributed by atoms with E-state index < -0.39 is 0 Å². The van der Waals surface area contributed by atoms with Crippen molar-refractivity contribution in [2.24, 2.45) is 5.92 Å². The molecule has 4 heteroatoms. The fourth-order valence-corrected chi connectivity index (χ4v) is 2.70. The molecule has 0 aromatic rings. The number of piperidine rings is 1. The van der Waals surface area contributed by atoms with E-state index in [0.29, 0.717) is 12.6 Å². The number of carbonyl (C=O) groups excluding carboxylic acids is 1. The summed E-state index contributed by atoms with van der Waals surface area (Å²) in [6, 6.07) is 0.439. The zero-order chi connectivity index (χ0) is 14.3. The Balaban J connectivity index is 2.49. The van der Waals surface area contributed by atoms with Gasteiger partial charge < -0.3 is 10.2 Å². The van der Waals surface area contributed by atoms with Crippen LogP contribution in [0.5, 0.6) is 0 Å². The maximum atomic E-state index is 12.2. The van der Waals surface area contributed by atoms with E-state index in [2.05, 4.69) is 24.1 Å². The van der Waals surface area contributed by atoms with Gasteiger partial charge in [0.1, 0.15) is 0 Å². The van der Waals surface area contributed by atoms with Crippen molar-refractivity contribution in [2.75, 3.05) is 39.3 Å². The third-order valence-corrected chi connectivity index (χ3v) is 4.14. The molecule has 0 bridgehead atoms. The molecule has 1 heterocycles. The van der Waals surface area contributed by atoms with Gasteiger partial charge in [0.05, 0.1) is 6.54 Å². The minimum Gasteiger partial charge on any atom is -0.342 e. The molecule has 1 amide bonds. The molecule has 0 saturated carbocycles. The van der Waals surface area contributed by atoms with Gasteiger partial charge in [-0.2, -0.15) is 0 Å². The summed E-state index contributed by atoms with van der Waals surface area (Å²) in [6.07, 6.45) is 2.48. The summed E-state index contributed by atoms with van der Waals surface area (Å²) in [6.45, 7) is 14.0. The molecule has 1 rings (SSSR count). The Bertz CT molecular complexity index is 258. The lowest BCUT2D eigenvalue weighted by Crippen LogP contribution is -2.46. The van der Waals surface area contributed by atoms with E-state index in [1.807, 2.05) is 18.7 Å². The molecule has 1 aliphatic heterocycles. The Labute approximate surface area is 118 Å². The minimum absolute atomic E-state index is 0.271. The maximum absolute atomic E-state index is 12.2. The number of amides is 1. The molecule has 0 radical (unpaired) electrons. The number of hydrogen-bond acceptors (Lipinski definition) is 3.